The van der Waals surface area contributed by atoms with Crippen LogP contribution in [0.3, 0.4) is 0 Å². The van der Waals surface area contributed by atoms with Crippen molar-refractivity contribution < 1.29 is 14.3 Å². The predicted octanol–water partition coefficient (Wildman–Crippen LogP) is 4.12. The Balaban J connectivity index is 2.35. The molecule has 19 heavy (non-hydrogen) atoms. The summed E-state index contributed by atoms with van der Waals surface area (Å²) < 4.78 is 11.1. The molecule has 3 rings (SSSR count). The molecule has 0 atom stereocenters. The molecule has 3 aromatic rings. The number of furan rings is 1. The van der Waals surface area contributed by atoms with E-state index < -0.39 is 0 Å². The fourth-order valence-electron chi connectivity index (χ4n) is 2.33. The second-order valence-corrected chi connectivity index (χ2v) is 4.47. The molecule has 96 valence electrons. The summed E-state index contributed by atoms with van der Waals surface area (Å²) in [6.07, 6.45) is 0. The maximum absolute atomic E-state index is 9.86. The molecule has 0 saturated heterocycles. The second-order valence-electron chi connectivity index (χ2n) is 4.47. The van der Waals surface area contributed by atoms with Gasteiger partial charge in [0.1, 0.15) is 22.8 Å². The quantitative estimate of drug-likeness (QED) is 0.748. The van der Waals surface area contributed by atoms with Gasteiger partial charge in [0.25, 0.3) is 0 Å². The molecular formula is C16H14O3. The molecule has 1 heterocycles. The van der Waals surface area contributed by atoms with E-state index in [1.54, 1.807) is 19.2 Å². The van der Waals surface area contributed by atoms with Crippen LogP contribution >= 0.6 is 0 Å². The number of phenols is 1. The van der Waals surface area contributed by atoms with Gasteiger partial charge in [-0.25, -0.2) is 0 Å². The number of aromatic hydroxyl groups is 1. The number of benzene rings is 2. The summed E-state index contributed by atoms with van der Waals surface area (Å²) in [7, 11) is 1.63. The summed E-state index contributed by atoms with van der Waals surface area (Å²) in [5, 5.41) is 10.8. The molecule has 2 aromatic carbocycles. The summed E-state index contributed by atoms with van der Waals surface area (Å²) >= 11 is 0. The van der Waals surface area contributed by atoms with Crippen molar-refractivity contribution in [2.75, 3.05) is 7.11 Å². The molecule has 3 heteroatoms. The fourth-order valence-corrected chi connectivity index (χ4v) is 2.33. The highest BCUT2D eigenvalue weighted by Crippen LogP contribution is 2.38. The van der Waals surface area contributed by atoms with Crippen LogP contribution in [0, 0.1) is 6.92 Å². The van der Waals surface area contributed by atoms with Crippen molar-refractivity contribution in [1.29, 1.82) is 0 Å². The highest BCUT2D eigenvalue weighted by molar-refractivity contribution is 5.95. The van der Waals surface area contributed by atoms with Gasteiger partial charge < -0.3 is 14.3 Å². The summed E-state index contributed by atoms with van der Waals surface area (Å²) in [5.41, 5.74) is 2.50. The van der Waals surface area contributed by atoms with E-state index in [4.69, 9.17) is 9.15 Å². The van der Waals surface area contributed by atoms with Gasteiger partial charge >= 0.3 is 0 Å². The summed E-state index contributed by atoms with van der Waals surface area (Å²) in [6.45, 7) is 1.89. The van der Waals surface area contributed by atoms with Crippen LogP contribution < -0.4 is 4.74 Å². The lowest BCUT2D eigenvalue weighted by Gasteiger charge is -2.09. The topological polar surface area (TPSA) is 42.6 Å². The van der Waals surface area contributed by atoms with Gasteiger partial charge in [-0.2, -0.15) is 0 Å². The summed E-state index contributed by atoms with van der Waals surface area (Å²) in [6, 6.07) is 13.0. The van der Waals surface area contributed by atoms with Crippen molar-refractivity contribution in [3.05, 3.63) is 48.2 Å². The molecule has 0 fully saturated rings. The largest absolute Gasteiger partial charge is 0.508 e. The number of fused-ring (bicyclic) bond motifs is 1. The van der Waals surface area contributed by atoms with Gasteiger partial charge in [-0.1, -0.05) is 18.2 Å². The van der Waals surface area contributed by atoms with E-state index in [1.165, 1.54) is 0 Å². The van der Waals surface area contributed by atoms with E-state index in [0.717, 1.165) is 33.6 Å². The Hall–Kier alpha value is -2.42. The zero-order chi connectivity index (χ0) is 13.4. The molecule has 0 aliphatic carbocycles. The maximum atomic E-state index is 9.86. The Morgan fingerprint density at radius 3 is 2.63 bits per heavy atom. The first kappa shape index (κ1) is 11.7. The lowest BCUT2D eigenvalue weighted by molar-refractivity contribution is 0.416. The summed E-state index contributed by atoms with van der Waals surface area (Å²) in [4.78, 5) is 0. The van der Waals surface area contributed by atoms with Crippen LogP contribution in [0.25, 0.3) is 22.1 Å². The number of ether oxygens (including phenoxy) is 1. The number of phenolic OH excluding ortho intramolecular Hbond substituents is 1. The predicted molar refractivity (Wildman–Crippen MR) is 74.6 cm³/mol. The number of hydrogen-bond acceptors (Lipinski definition) is 3. The number of rotatable bonds is 2. The van der Waals surface area contributed by atoms with Crippen molar-refractivity contribution in [3.8, 4) is 22.6 Å². The van der Waals surface area contributed by atoms with Crippen molar-refractivity contribution in [2.45, 2.75) is 6.92 Å². The molecule has 1 aromatic heterocycles. The van der Waals surface area contributed by atoms with Crippen LogP contribution in [0.2, 0.25) is 0 Å². The van der Waals surface area contributed by atoms with E-state index in [9.17, 15) is 5.11 Å². The fraction of sp³-hybridized carbons (Fsp3) is 0.125. The Morgan fingerprint density at radius 1 is 1.05 bits per heavy atom. The molecule has 0 bridgehead atoms. The number of methoxy groups -OCH3 is 1. The molecular weight excluding hydrogens is 240 g/mol. The molecule has 0 spiro atoms. The third kappa shape index (κ3) is 1.93. The first-order chi connectivity index (χ1) is 9.19. The van der Waals surface area contributed by atoms with E-state index in [0.29, 0.717) is 0 Å². The zero-order valence-electron chi connectivity index (χ0n) is 10.8. The third-order valence-corrected chi connectivity index (χ3v) is 3.12. The van der Waals surface area contributed by atoms with Crippen LogP contribution in [-0.2, 0) is 0 Å². The number of para-hydroxylation sites is 1. The number of hydrogen-bond donors (Lipinski definition) is 1. The molecule has 1 N–H and O–H groups in total. The van der Waals surface area contributed by atoms with Crippen molar-refractivity contribution in [1.82, 2.24) is 0 Å². The molecule has 0 aliphatic rings. The standard InChI is InChI=1S/C16H14O3/c1-10-7-11-8-12(17)9-14(16(11)19-10)13-5-3-4-6-15(13)18-2/h3-9,17H,1-2H3. The molecule has 3 nitrogen and oxygen atoms in total. The third-order valence-electron chi connectivity index (χ3n) is 3.12. The minimum atomic E-state index is 0.217. The van der Waals surface area contributed by atoms with Gasteiger partial charge in [0.15, 0.2) is 0 Å². The van der Waals surface area contributed by atoms with E-state index >= 15 is 0 Å². The normalized spacial score (nSPS) is 10.8. The van der Waals surface area contributed by atoms with E-state index in [2.05, 4.69) is 0 Å². The second kappa shape index (κ2) is 4.35. The van der Waals surface area contributed by atoms with Crippen LogP contribution in [0.1, 0.15) is 5.76 Å². The molecule has 0 saturated carbocycles. The first-order valence-corrected chi connectivity index (χ1v) is 6.05. The lowest BCUT2D eigenvalue weighted by atomic mass is 10.0. The van der Waals surface area contributed by atoms with Crippen LogP contribution in [0.4, 0.5) is 0 Å². The minimum Gasteiger partial charge on any atom is -0.508 e. The van der Waals surface area contributed by atoms with Crippen molar-refractivity contribution >= 4 is 11.0 Å². The van der Waals surface area contributed by atoms with E-state index in [1.807, 2.05) is 37.3 Å². The van der Waals surface area contributed by atoms with Crippen LogP contribution in [-0.4, -0.2) is 12.2 Å². The van der Waals surface area contributed by atoms with Gasteiger partial charge in [0.05, 0.1) is 7.11 Å². The molecule has 0 radical (unpaired) electrons. The van der Waals surface area contributed by atoms with Gasteiger partial charge in [-0.3, -0.25) is 0 Å². The maximum Gasteiger partial charge on any atom is 0.142 e. The average Bonchev–Trinajstić information content (AvgIpc) is 2.77. The van der Waals surface area contributed by atoms with Gasteiger partial charge in [-0.05, 0) is 31.2 Å². The Morgan fingerprint density at radius 2 is 1.84 bits per heavy atom. The van der Waals surface area contributed by atoms with Crippen molar-refractivity contribution in [3.63, 3.8) is 0 Å². The minimum absolute atomic E-state index is 0.217. The summed E-state index contributed by atoms with van der Waals surface area (Å²) in [5.74, 6) is 1.79. The lowest BCUT2D eigenvalue weighted by Crippen LogP contribution is -1.87. The molecule has 0 amide bonds. The van der Waals surface area contributed by atoms with Crippen molar-refractivity contribution in [2.24, 2.45) is 0 Å². The van der Waals surface area contributed by atoms with Gasteiger partial charge in [0, 0.05) is 16.5 Å². The van der Waals surface area contributed by atoms with E-state index in [-0.39, 0.29) is 5.75 Å². The zero-order valence-corrected chi connectivity index (χ0v) is 10.8. The monoisotopic (exact) mass is 254 g/mol. The van der Waals surface area contributed by atoms with Crippen LogP contribution in [0.15, 0.2) is 46.9 Å². The van der Waals surface area contributed by atoms with Gasteiger partial charge in [0.2, 0.25) is 0 Å². The number of aryl methyl sites for hydroxylation is 1. The van der Waals surface area contributed by atoms with Crippen LogP contribution in [0.5, 0.6) is 11.5 Å². The first-order valence-electron chi connectivity index (χ1n) is 6.05. The Bertz CT molecular complexity index is 741. The van der Waals surface area contributed by atoms with Gasteiger partial charge in [-0.15, -0.1) is 0 Å². The highest BCUT2D eigenvalue weighted by atomic mass is 16.5. The SMILES string of the molecule is COc1ccccc1-c1cc(O)cc2cc(C)oc12. The molecule has 0 unspecified atom stereocenters. The molecule has 0 aliphatic heterocycles. The average molecular weight is 254 g/mol. The highest BCUT2D eigenvalue weighted by Gasteiger charge is 2.13. The Labute approximate surface area is 111 Å². The smallest absolute Gasteiger partial charge is 0.142 e. The Kier molecular flexibility index (Phi) is 2.67.